The summed E-state index contributed by atoms with van der Waals surface area (Å²) >= 11 is 0. The van der Waals surface area contributed by atoms with Crippen LogP contribution in [0.3, 0.4) is 0 Å². The number of nitrogens with zero attached hydrogens (tertiary/aromatic N) is 2. The Bertz CT molecular complexity index is 1140. The molecule has 0 atom stereocenters. The minimum absolute atomic E-state index is 0.0427. The van der Waals surface area contributed by atoms with Crippen molar-refractivity contribution in [3.63, 3.8) is 0 Å². The minimum atomic E-state index is -0.344. The van der Waals surface area contributed by atoms with Gasteiger partial charge in [0, 0.05) is 28.9 Å². The summed E-state index contributed by atoms with van der Waals surface area (Å²) in [6.45, 7) is 8.33. The van der Waals surface area contributed by atoms with Crippen molar-refractivity contribution in [1.82, 2.24) is 9.88 Å². The highest BCUT2D eigenvalue weighted by Gasteiger charge is 2.33. The van der Waals surface area contributed by atoms with Crippen molar-refractivity contribution >= 4 is 17.6 Å². The van der Waals surface area contributed by atoms with Crippen LogP contribution in [0.4, 0.5) is 5.82 Å². The van der Waals surface area contributed by atoms with Crippen molar-refractivity contribution < 1.29 is 14.3 Å². The highest BCUT2D eigenvalue weighted by molar-refractivity contribution is 6.07. The number of hydrogen-bond donors (Lipinski definition) is 1. The number of nitrogens with one attached hydrogen (secondary N) is 1. The van der Waals surface area contributed by atoms with Crippen molar-refractivity contribution in [2.45, 2.75) is 40.3 Å². The Balaban J connectivity index is 1.71. The highest BCUT2D eigenvalue weighted by Crippen LogP contribution is 2.36. The van der Waals surface area contributed by atoms with Crippen molar-refractivity contribution in [3.05, 3.63) is 82.5 Å². The molecule has 1 N–H and O–H groups in total. The molecule has 3 aromatic rings. The lowest BCUT2D eigenvalue weighted by molar-refractivity contribution is 0.0730. The molecule has 158 valence electrons. The van der Waals surface area contributed by atoms with Crippen LogP contribution in [0.5, 0.6) is 11.5 Å². The molecule has 0 bridgehead atoms. The Morgan fingerprint density at radius 1 is 1.06 bits per heavy atom. The van der Waals surface area contributed by atoms with E-state index in [4.69, 9.17) is 4.74 Å². The number of fused-ring (bicyclic) bond motifs is 1. The molecule has 0 fully saturated rings. The van der Waals surface area contributed by atoms with Crippen LogP contribution in [0, 0.1) is 13.8 Å². The van der Waals surface area contributed by atoms with E-state index < -0.39 is 0 Å². The van der Waals surface area contributed by atoms with E-state index in [1.54, 1.807) is 29.3 Å². The molecule has 6 nitrogen and oxygen atoms in total. The average Bonchev–Trinajstić information content (AvgIpc) is 3.08. The predicted octanol–water partition coefficient (Wildman–Crippen LogP) is 5.11. The van der Waals surface area contributed by atoms with Crippen LogP contribution in [0.15, 0.2) is 54.7 Å². The molecule has 1 aliphatic heterocycles. The first kappa shape index (κ1) is 20.6. The number of ether oxygens (including phenoxy) is 1. The average molecular weight is 415 g/mol. The van der Waals surface area contributed by atoms with E-state index in [1.165, 1.54) is 0 Å². The van der Waals surface area contributed by atoms with Crippen LogP contribution in [-0.4, -0.2) is 27.7 Å². The molecular formula is C25H25N3O3. The van der Waals surface area contributed by atoms with Gasteiger partial charge < -0.3 is 15.0 Å². The molecular weight excluding hydrogens is 390 g/mol. The third-order valence-electron chi connectivity index (χ3n) is 5.32. The molecule has 2 aromatic carbocycles. The van der Waals surface area contributed by atoms with Gasteiger partial charge in [0.1, 0.15) is 17.3 Å². The maximum atomic E-state index is 13.0. The van der Waals surface area contributed by atoms with Gasteiger partial charge in [0.05, 0.1) is 6.54 Å². The molecule has 4 rings (SSSR count). The van der Waals surface area contributed by atoms with Gasteiger partial charge in [0.15, 0.2) is 0 Å². The van der Waals surface area contributed by atoms with E-state index in [0.717, 1.165) is 16.7 Å². The molecule has 2 heterocycles. The van der Waals surface area contributed by atoms with Crippen LogP contribution in [0.25, 0.3) is 0 Å². The van der Waals surface area contributed by atoms with E-state index in [2.05, 4.69) is 10.3 Å². The number of amides is 2. The Hall–Kier alpha value is -3.67. The number of aromatic nitrogens is 1. The number of benzene rings is 2. The lowest BCUT2D eigenvalue weighted by atomic mass is 10.0. The van der Waals surface area contributed by atoms with Gasteiger partial charge in [0.2, 0.25) is 0 Å². The molecule has 0 saturated heterocycles. The zero-order valence-electron chi connectivity index (χ0n) is 18.1. The van der Waals surface area contributed by atoms with E-state index >= 15 is 0 Å². The summed E-state index contributed by atoms with van der Waals surface area (Å²) in [4.78, 5) is 31.9. The van der Waals surface area contributed by atoms with Gasteiger partial charge in [-0.2, -0.15) is 0 Å². The second-order valence-electron chi connectivity index (χ2n) is 8.12. The molecule has 1 aliphatic rings. The minimum Gasteiger partial charge on any atom is -0.457 e. The predicted molar refractivity (Wildman–Crippen MR) is 120 cm³/mol. The van der Waals surface area contributed by atoms with Crippen molar-refractivity contribution in [3.8, 4) is 11.5 Å². The summed E-state index contributed by atoms with van der Waals surface area (Å²) in [7, 11) is 0. The van der Waals surface area contributed by atoms with Gasteiger partial charge in [-0.3, -0.25) is 9.59 Å². The van der Waals surface area contributed by atoms with E-state index in [1.807, 2.05) is 58.0 Å². The lowest BCUT2D eigenvalue weighted by Gasteiger charge is -2.20. The maximum Gasteiger partial charge on any atom is 0.256 e. The summed E-state index contributed by atoms with van der Waals surface area (Å²) in [6, 6.07) is 14.7. The zero-order valence-corrected chi connectivity index (χ0v) is 18.1. The van der Waals surface area contributed by atoms with Gasteiger partial charge >= 0.3 is 0 Å². The first-order chi connectivity index (χ1) is 14.8. The number of anilines is 1. The summed E-state index contributed by atoms with van der Waals surface area (Å²) in [5.41, 5.74) is 3.77. The van der Waals surface area contributed by atoms with Gasteiger partial charge in [-0.1, -0.05) is 23.8 Å². The zero-order chi connectivity index (χ0) is 22.1. The number of aryl methyl sites for hydroxylation is 2. The molecule has 31 heavy (non-hydrogen) atoms. The number of pyridine rings is 1. The van der Waals surface area contributed by atoms with Crippen molar-refractivity contribution in [2.75, 3.05) is 5.32 Å². The summed E-state index contributed by atoms with van der Waals surface area (Å²) in [5, 5.41) is 2.79. The first-order valence-electron chi connectivity index (χ1n) is 10.3. The van der Waals surface area contributed by atoms with Crippen LogP contribution < -0.4 is 10.1 Å². The molecule has 0 unspecified atom stereocenters. The topological polar surface area (TPSA) is 71.5 Å². The largest absolute Gasteiger partial charge is 0.457 e. The molecule has 0 aliphatic carbocycles. The van der Waals surface area contributed by atoms with Gasteiger partial charge in [-0.05, 0) is 63.6 Å². The first-order valence-corrected chi connectivity index (χ1v) is 10.3. The molecule has 0 radical (unpaired) electrons. The lowest BCUT2D eigenvalue weighted by Crippen LogP contribution is -2.30. The number of rotatable bonds is 5. The molecule has 1 aromatic heterocycles. The number of hydrogen-bond acceptors (Lipinski definition) is 4. The van der Waals surface area contributed by atoms with Crippen molar-refractivity contribution in [1.29, 1.82) is 0 Å². The van der Waals surface area contributed by atoms with Crippen LogP contribution >= 0.6 is 0 Å². The third-order valence-corrected chi connectivity index (χ3v) is 5.32. The van der Waals surface area contributed by atoms with E-state index in [-0.39, 0.29) is 17.9 Å². The standard InChI is InChI=1S/C25H25N3O3/c1-15(2)28-14-21-20(25(28)30)11-18(24(29)27-23-10-7-17(4)13-26-23)12-22(21)31-19-8-5-16(3)6-9-19/h5-13,15H,14H2,1-4H3,(H,26,27,29). The van der Waals surface area contributed by atoms with Crippen LogP contribution in [-0.2, 0) is 6.54 Å². The second-order valence-corrected chi connectivity index (χ2v) is 8.12. The van der Waals surface area contributed by atoms with E-state index in [0.29, 0.717) is 35.0 Å². The molecule has 6 heteroatoms. The fourth-order valence-electron chi connectivity index (χ4n) is 3.50. The Kier molecular flexibility index (Phi) is 5.46. The quantitative estimate of drug-likeness (QED) is 0.629. The normalized spacial score (nSPS) is 12.8. The monoisotopic (exact) mass is 415 g/mol. The van der Waals surface area contributed by atoms with E-state index in [9.17, 15) is 9.59 Å². The van der Waals surface area contributed by atoms with Gasteiger partial charge in [-0.25, -0.2) is 4.98 Å². The fourth-order valence-corrected chi connectivity index (χ4v) is 3.50. The maximum absolute atomic E-state index is 13.0. The summed E-state index contributed by atoms with van der Waals surface area (Å²) < 4.78 is 6.13. The van der Waals surface area contributed by atoms with Gasteiger partial charge in [-0.15, -0.1) is 0 Å². The molecule has 2 amide bonds. The highest BCUT2D eigenvalue weighted by atomic mass is 16.5. The Morgan fingerprint density at radius 3 is 2.42 bits per heavy atom. The third kappa shape index (κ3) is 4.28. The van der Waals surface area contributed by atoms with Crippen LogP contribution in [0.1, 0.15) is 51.3 Å². The smallest absolute Gasteiger partial charge is 0.256 e. The van der Waals surface area contributed by atoms with Gasteiger partial charge in [0.25, 0.3) is 11.8 Å². The number of carbonyl (C=O) groups excluding carboxylic acids is 2. The Morgan fingerprint density at radius 2 is 1.77 bits per heavy atom. The molecule has 0 saturated carbocycles. The van der Waals surface area contributed by atoms with Crippen molar-refractivity contribution in [2.24, 2.45) is 0 Å². The summed E-state index contributed by atoms with van der Waals surface area (Å²) in [5.74, 6) is 1.18. The molecule has 0 spiro atoms. The number of carbonyl (C=O) groups is 2. The van der Waals surface area contributed by atoms with Crippen LogP contribution in [0.2, 0.25) is 0 Å². The fraction of sp³-hybridized carbons (Fsp3) is 0.240. The second kappa shape index (κ2) is 8.22. The SMILES string of the molecule is Cc1ccc(Oc2cc(C(=O)Nc3ccc(C)cn3)cc3c2CN(C(C)C)C3=O)cc1. The Labute approximate surface area is 181 Å². The summed E-state index contributed by atoms with van der Waals surface area (Å²) in [6.07, 6.45) is 1.69.